The van der Waals surface area contributed by atoms with E-state index in [0.717, 1.165) is 0 Å². The van der Waals surface area contributed by atoms with E-state index in [9.17, 15) is 4.79 Å². The minimum absolute atomic E-state index is 0.145. The molecule has 6 nitrogen and oxygen atoms in total. The van der Waals surface area contributed by atoms with Gasteiger partial charge in [0.1, 0.15) is 6.79 Å². The number of carbonyl (C=O) groups is 1. The molecule has 0 spiro atoms. The molecule has 76 valence electrons. The zero-order valence-corrected chi connectivity index (χ0v) is 7.47. The van der Waals surface area contributed by atoms with Crippen LogP contribution in [0.3, 0.4) is 0 Å². The van der Waals surface area contributed by atoms with E-state index >= 15 is 0 Å². The molecule has 1 amide bonds. The molecule has 0 aliphatic carbocycles. The van der Waals surface area contributed by atoms with Crippen LogP contribution in [0.25, 0.3) is 0 Å². The van der Waals surface area contributed by atoms with Crippen LogP contribution in [0.5, 0.6) is 0 Å². The lowest BCUT2D eigenvalue weighted by atomic mass is 10.2. The van der Waals surface area contributed by atoms with E-state index in [1.807, 2.05) is 0 Å². The maximum atomic E-state index is 10.6. The van der Waals surface area contributed by atoms with Crippen molar-refractivity contribution in [2.45, 2.75) is 12.1 Å². The van der Waals surface area contributed by atoms with Gasteiger partial charge in [0.2, 0.25) is 0 Å². The van der Waals surface area contributed by atoms with Crippen molar-refractivity contribution in [3.63, 3.8) is 0 Å². The van der Waals surface area contributed by atoms with Crippen molar-refractivity contribution < 1.29 is 19.4 Å². The Morgan fingerprint density at radius 2 is 2.38 bits per heavy atom. The van der Waals surface area contributed by atoms with Crippen molar-refractivity contribution in [3.8, 4) is 0 Å². The first-order chi connectivity index (χ1) is 6.15. The fourth-order valence-electron chi connectivity index (χ4n) is 1.29. The molecule has 3 N–H and O–H groups in total. The summed E-state index contributed by atoms with van der Waals surface area (Å²) >= 11 is 0. The van der Waals surface area contributed by atoms with Crippen LogP contribution in [-0.2, 0) is 9.47 Å². The fraction of sp³-hybridized carbons (Fsp3) is 0.857. The van der Waals surface area contributed by atoms with E-state index in [2.05, 4.69) is 0 Å². The van der Waals surface area contributed by atoms with Gasteiger partial charge in [-0.25, -0.2) is 4.79 Å². The zero-order valence-electron chi connectivity index (χ0n) is 7.47. The first-order valence-electron chi connectivity index (χ1n) is 3.99. The summed E-state index contributed by atoms with van der Waals surface area (Å²) in [6, 6.07) is -0.258. The average molecular weight is 190 g/mol. The molecule has 0 radical (unpaired) electrons. The third-order valence-corrected chi connectivity index (χ3v) is 1.98. The molecule has 2 unspecified atom stereocenters. The Labute approximate surface area is 76.2 Å². The summed E-state index contributed by atoms with van der Waals surface area (Å²) in [4.78, 5) is 11.8. The molecule has 0 aromatic carbocycles. The molecule has 1 saturated heterocycles. The molecule has 0 saturated carbocycles. The van der Waals surface area contributed by atoms with Gasteiger partial charge in [-0.2, -0.15) is 0 Å². The third kappa shape index (κ3) is 2.55. The molecule has 0 aromatic heterocycles. The Morgan fingerprint density at radius 1 is 1.69 bits per heavy atom. The van der Waals surface area contributed by atoms with Gasteiger partial charge in [0.05, 0.1) is 18.7 Å². The topological polar surface area (TPSA) is 85.0 Å². The predicted octanol–water partition coefficient (Wildman–Crippen LogP) is -0.704. The molecule has 2 atom stereocenters. The Balaban J connectivity index is 2.37. The summed E-state index contributed by atoms with van der Waals surface area (Å²) in [5, 5.41) is 8.66. The lowest BCUT2D eigenvalue weighted by Crippen LogP contribution is -2.35. The van der Waals surface area contributed by atoms with Gasteiger partial charge < -0.3 is 25.2 Å². The van der Waals surface area contributed by atoms with Crippen molar-refractivity contribution in [1.82, 2.24) is 4.90 Å². The minimum atomic E-state index is -0.959. The van der Waals surface area contributed by atoms with Crippen LogP contribution in [0.4, 0.5) is 4.79 Å². The van der Waals surface area contributed by atoms with Crippen molar-refractivity contribution >= 4 is 6.09 Å². The fourth-order valence-corrected chi connectivity index (χ4v) is 1.29. The Hall–Kier alpha value is -0.850. The maximum absolute atomic E-state index is 10.6. The van der Waals surface area contributed by atoms with Gasteiger partial charge in [-0.05, 0) is 0 Å². The quantitative estimate of drug-likeness (QED) is 0.574. The summed E-state index contributed by atoms with van der Waals surface area (Å²) in [6.45, 7) is 0.787. The number of methoxy groups -OCH3 is 1. The van der Waals surface area contributed by atoms with E-state index in [-0.39, 0.29) is 18.9 Å². The molecule has 1 aliphatic heterocycles. The summed E-state index contributed by atoms with van der Waals surface area (Å²) in [5.41, 5.74) is 5.66. The van der Waals surface area contributed by atoms with Gasteiger partial charge in [-0.15, -0.1) is 0 Å². The standard InChI is InChI=1S/C7H14N2O4/c1-12-4-13-6-3-9(7(10)11)2-5(6)8/h5-6H,2-4,8H2,1H3,(H,10,11). The lowest BCUT2D eigenvalue weighted by Gasteiger charge is -2.13. The van der Waals surface area contributed by atoms with Gasteiger partial charge in [-0.3, -0.25) is 0 Å². The number of likely N-dealkylation sites (tertiary alicyclic amines) is 1. The number of rotatable bonds is 3. The molecular weight excluding hydrogens is 176 g/mol. The van der Waals surface area contributed by atoms with Gasteiger partial charge >= 0.3 is 6.09 Å². The second-order valence-corrected chi connectivity index (χ2v) is 2.96. The molecule has 1 aliphatic rings. The molecule has 6 heteroatoms. The highest BCUT2D eigenvalue weighted by atomic mass is 16.7. The Kier molecular flexibility index (Phi) is 3.47. The number of nitrogens with zero attached hydrogens (tertiary/aromatic N) is 1. The number of ether oxygens (including phenoxy) is 2. The largest absolute Gasteiger partial charge is 0.465 e. The van der Waals surface area contributed by atoms with Gasteiger partial charge in [0.25, 0.3) is 0 Å². The second-order valence-electron chi connectivity index (χ2n) is 2.96. The molecule has 0 aromatic rings. The molecular formula is C7H14N2O4. The zero-order chi connectivity index (χ0) is 9.84. The predicted molar refractivity (Wildman–Crippen MR) is 44.3 cm³/mol. The van der Waals surface area contributed by atoms with Crippen molar-refractivity contribution in [1.29, 1.82) is 0 Å². The van der Waals surface area contributed by atoms with Crippen molar-refractivity contribution in [2.24, 2.45) is 5.73 Å². The minimum Gasteiger partial charge on any atom is -0.465 e. The monoisotopic (exact) mass is 190 g/mol. The molecule has 0 bridgehead atoms. The van der Waals surface area contributed by atoms with Crippen molar-refractivity contribution in [2.75, 3.05) is 27.0 Å². The van der Waals surface area contributed by atoms with E-state index in [4.69, 9.17) is 20.3 Å². The number of carboxylic acid groups (broad SMARTS) is 1. The smallest absolute Gasteiger partial charge is 0.407 e. The number of hydrogen-bond donors (Lipinski definition) is 2. The Morgan fingerprint density at radius 3 is 2.85 bits per heavy atom. The summed E-state index contributed by atoms with van der Waals surface area (Å²) in [5.74, 6) is 0. The van der Waals surface area contributed by atoms with Crippen LogP contribution in [0.15, 0.2) is 0 Å². The van der Waals surface area contributed by atoms with E-state index in [1.165, 1.54) is 12.0 Å². The van der Waals surface area contributed by atoms with Crippen LogP contribution >= 0.6 is 0 Å². The van der Waals surface area contributed by atoms with E-state index < -0.39 is 6.09 Å². The second kappa shape index (κ2) is 4.40. The first-order valence-corrected chi connectivity index (χ1v) is 3.99. The summed E-state index contributed by atoms with van der Waals surface area (Å²) in [7, 11) is 1.51. The molecule has 1 fully saturated rings. The molecule has 1 heterocycles. The highest BCUT2D eigenvalue weighted by Crippen LogP contribution is 2.11. The average Bonchev–Trinajstić information content (AvgIpc) is 2.44. The first kappa shape index (κ1) is 10.2. The van der Waals surface area contributed by atoms with Crippen LogP contribution in [0.1, 0.15) is 0 Å². The van der Waals surface area contributed by atoms with Gasteiger partial charge in [-0.1, -0.05) is 0 Å². The van der Waals surface area contributed by atoms with Crippen LogP contribution < -0.4 is 5.73 Å². The number of nitrogens with two attached hydrogens (primary N) is 1. The van der Waals surface area contributed by atoms with Gasteiger partial charge in [0.15, 0.2) is 0 Å². The Bertz CT molecular complexity index is 187. The van der Waals surface area contributed by atoms with Crippen molar-refractivity contribution in [3.05, 3.63) is 0 Å². The summed E-state index contributed by atoms with van der Waals surface area (Å²) < 4.78 is 9.90. The highest BCUT2D eigenvalue weighted by molar-refractivity contribution is 5.65. The number of hydrogen-bond acceptors (Lipinski definition) is 4. The maximum Gasteiger partial charge on any atom is 0.407 e. The SMILES string of the molecule is COCOC1CN(C(=O)O)CC1N. The normalized spacial score (nSPS) is 28.0. The van der Waals surface area contributed by atoms with Crippen LogP contribution in [-0.4, -0.2) is 55.2 Å². The lowest BCUT2D eigenvalue weighted by molar-refractivity contribution is -0.0706. The third-order valence-electron chi connectivity index (χ3n) is 1.98. The molecule has 1 rings (SSSR count). The van der Waals surface area contributed by atoms with E-state index in [0.29, 0.717) is 13.1 Å². The van der Waals surface area contributed by atoms with Gasteiger partial charge in [0, 0.05) is 13.7 Å². The van der Waals surface area contributed by atoms with Crippen LogP contribution in [0.2, 0.25) is 0 Å². The highest BCUT2D eigenvalue weighted by Gasteiger charge is 2.33. The van der Waals surface area contributed by atoms with E-state index in [1.54, 1.807) is 0 Å². The summed E-state index contributed by atoms with van der Waals surface area (Å²) in [6.07, 6.45) is -1.21. The van der Waals surface area contributed by atoms with Crippen LogP contribution in [0, 0.1) is 0 Å². The molecule has 13 heavy (non-hydrogen) atoms. The number of amides is 1.